The summed E-state index contributed by atoms with van der Waals surface area (Å²) in [5.74, 6) is -2.24. The summed E-state index contributed by atoms with van der Waals surface area (Å²) in [4.78, 5) is 33.7. The predicted molar refractivity (Wildman–Crippen MR) is 167 cm³/mol. The summed E-state index contributed by atoms with van der Waals surface area (Å²) in [5, 5.41) is 15.8. The van der Waals surface area contributed by atoms with E-state index >= 15 is 0 Å². The number of carbonyl (C=O) groups excluding carboxylic acids is 2. The van der Waals surface area contributed by atoms with E-state index in [9.17, 15) is 32.3 Å². The van der Waals surface area contributed by atoms with Crippen LogP contribution >= 0.6 is 27.3 Å². The minimum atomic E-state index is -5.37. The molecular formula is C31H25BrF4N4O5S. The van der Waals surface area contributed by atoms with E-state index in [1.165, 1.54) is 43.0 Å². The fourth-order valence-electron chi connectivity index (χ4n) is 4.93. The van der Waals surface area contributed by atoms with Crippen LogP contribution in [0, 0.1) is 5.82 Å². The van der Waals surface area contributed by atoms with E-state index < -0.39 is 48.1 Å². The number of nitrogens with two attached hydrogens (primary N) is 1. The molecule has 0 spiro atoms. The highest BCUT2D eigenvalue weighted by molar-refractivity contribution is 9.10. The lowest BCUT2D eigenvalue weighted by molar-refractivity contribution is -0.265. The largest absolute Gasteiger partial charge is 0.494 e. The zero-order valence-corrected chi connectivity index (χ0v) is 26.6. The number of thiophene rings is 1. The van der Waals surface area contributed by atoms with E-state index in [2.05, 4.69) is 31.2 Å². The van der Waals surface area contributed by atoms with Gasteiger partial charge in [0.25, 0.3) is 5.91 Å². The van der Waals surface area contributed by atoms with Crippen LogP contribution in [-0.2, 0) is 16.8 Å². The second-order valence-electron chi connectivity index (χ2n) is 10.1. The Morgan fingerprint density at radius 1 is 1.17 bits per heavy atom. The Hall–Kier alpha value is -4.34. The van der Waals surface area contributed by atoms with E-state index in [4.69, 9.17) is 15.2 Å². The summed E-state index contributed by atoms with van der Waals surface area (Å²) in [5.41, 5.74) is 1.06. The lowest BCUT2D eigenvalue weighted by Gasteiger charge is -2.31. The van der Waals surface area contributed by atoms with Gasteiger partial charge in [-0.25, -0.2) is 9.37 Å². The van der Waals surface area contributed by atoms with Gasteiger partial charge < -0.3 is 25.6 Å². The number of pyridine rings is 2. The van der Waals surface area contributed by atoms with Crippen LogP contribution in [-0.4, -0.2) is 53.3 Å². The van der Waals surface area contributed by atoms with Gasteiger partial charge in [0.1, 0.15) is 28.5 Å². The van der Waals surface area contributed by atoms with Crippen LogP contribution in [0.1, 0.15) is 28.5 Å². The maximum Gasteiger partial charge on any atom is 0.424 e. The number of carbonyl (C=O) groups is 2. The Morgan fingerprint density at radius 3 is 2.61 bits per heavy atom. The van der Waals surface area contributed by atoms with E-state index in [0.29, 0.717) is 20.8 Å². The second-order valence-corrected chi connectivity index (χ2v) is 11.9. The first-order valence-electron chi connectivity index (χ1n) is 13.6. The molecule has 9 nitrogen and oxygen atoms in total. The predicted octanol–water partition coefficient (Wildman–Crippen LogP) is 6.03. The molecule has 0 saturated heterocycles. The van der Waals surface area contributed by atoms with E-state index in [0.717, 1.165) is 17.4 Å². The lowest BCUT2D eigenvalue weighted by atomic mass is 9.93. The van der Waals surface area contributed by atoms with E-state index in [1.54, 1.807) is 19.1 Å². The van der Waals surface area contributed by atoms with Crippen molar-refractivity contribution < 1.29 is 41.7 Å². The maximum atomic E-state index is 14.8. The van der Waals surface area contributed by atoms with Crippen molar-refractivity contribution in [2.75, 3.05) is 20.3 Å². The molecule has 0 radical (unpaired) electrons. The van der Waals surface area contributed by atoms with Crippen molar-refractivity contribution in [2.24, 2.45) is 5.73 Å². The number of amides is 2. The third kappa shape index (κ3) is 6.22. The Kier molecular flexibility index (Phi) is 9.20. The molecule has 5 aromatic rings. The number of fused-ring (bicyclic) bond motifs is 2. The van der Waals surface area contributed by atoms with Crippen molar-refractivity contribution in [3.05, 3.63) is 81.2 Å². The highest BCUT2D eigenvalue weighted by Gasteiger charge is 2.57. The molecule has 3 heterocycles. The van der Waals surface area contributed by atoms with Crippen molar-refractivity contribution in [1.29, 1.82) is 0 Å². The average molecular weight is 722 g/mol. The quantitative estimate of drug-likeness (QED) is 0.150. The molecule has 0 bridgehead atoms. The number of alkyl halides is 3. The first-order chi connectivity index (χ1) is 21.8. The van der Waals surface area contributed by atoms with Crippen LogP contribution in [0.3, 0.4) is 0 Å². The van der Waals surface area contributed by atoms with Crippen LogP contribution in [0.4, 0.5) is 17.6 Å². The number of halogens is 5. The van der Waals surface area contributed by atoms with Crippen molar-refractivity contribution in [1.82, 2.24) is 15.3 Å². The van der Waals surface area contributed by atoms with Crippen molar-refractivity contribution in [3.63, 3.8) is 0 Å². The minimum Gasteiger partial charge on any atom is -0.494 e. The fourth-order valence-corrected chi connectivity index (χ4v) is 6.24. The number of hydrogen-bond acceptors (Lipinski definition) is 8. The molecule has 0 fully saturated rings. The number of aromatic nitrogens is 2. The SMILES string of the molecule is CCOc1c(CC(N)=O)cc([C@@](O)(CNC(=O)c2cc(OC)c3ncc(Br)cc3c2)C(F)(F)F)nc1-c1csc2c(F)cccc12. The molecule has 2 amide bonds. The van der Waals surface area contributed by atoms with Gasteiger partial charge in [0.2, 0.25) is 11.5 Å². The first kappa shape index (κ1) is 33.0. The molecule has 2 aromatic carbocycles. The van der Waals surface area contributed by atoms with Gasteiger partial charge in [0.15, 0.2) is 0 Å². The number of primary amides is 1. The number of hydrogen-bond donors (Lipinski definition) is 3. The van der Waals surface area contributed by atoms with E-state index in [-0.39, 0.29) is 45.2 Å². The molecule has 46 heavy (non-hydrogen) atoms. The summed E-state index contributed by atoms with van der Waals surface area (Å²) < 4.78 is 70.8. The molecule has 0 saturated carbocycles. The zero-order valence-electron chi connectivity index (χ0n) is 24.2. The molecule has 0 aliphatic rings. The van der Waals surface area contributed by atoms with Gasteiger partial charge in [-0.05, 0) is 53.2 Å². The van der Waals surface area contributed by atoms with Crippen molar-refractivity contribution in [2.45, 2.75) is 25.1 Å². The van der Waals surface area contributed by atoms with Gasteiger partial charge >= 0.3 is 6.18 Å². The Bertz CT molecular complexity index is 1990. The molecule has 4 N–H and O–H groups in total. The van der Waals surface area contributed by atoms with Crippen molar-refractivity contribution >= 4 is 60.1 Å². The van der Waals surface area contributed by atoms with Gasteiger partial charge in [-0.15, -0.1) is 11.3 Å². The monoisotopic (exact) mass is 720 g/mol. The molecule has 0 aliphatic carbocycles. The van der Waals surface area contributed by atoms with Gasteiger partial charge in [-0.2, -0.15) is 13.2 Å². The highest BCUT2D eigenvalue weighted by atomic mass is 79.9. The molecular weight excluding hydrogens is 696 g/mol. The lowest BCUT2D eigenvalue weighted by Crippen LogP contribution is -2.51. The Labute approximate surface area is 271 Å². The topological polar surface area (TPSA) is 137 Å². The number of rotatable bonds is 10. The molecule has 1 atom stereocenters. The molecule has 3 aromatic heterocycles. The molecule has 0 unspecified atom stereocenters. The Balaban J connectivity index is 1.63. The number of nitrogens with zero attached hydrogens (tertiary/aromatic N) is 2. The van der Waals surface area contributed by atoms with Crippen molar-refractivity contribution in [3.8, 4) is 22.8 Å². The zero-order chi connectivity index (χ0) is 33.4. The summed E-state index contributed by atoms with van der Waals surface area (Å²) in [6.45, 7) is 0.300. The Morgan fingerprint density at radius 2 is 1.93 bits per heavy atom. The summed E-state index contributed by atoms with van der Waals surface area (Å²) in [6.07, 6.45) is -4.41. The fraction of sp³-hybridized carbons (Fsp3) is 0.226. The maximum absolute atomic E-state index is 14.8. The molecule has 5 rings (SSSR count). The van der Waals surface area contributed by atoms with Crippen LogP contribution in [0.25, 0.3) is 32.2 Å². The van der Waals surface area contributed by atoms with Crippen LogP contribution < -0.4 is 20.5 Å². The average Bonchev–Trinajstić information content (AvgIpc) is 3.44. The standard InChI is InChI=1S/C31H25BrF4N4O5S/c1-3-45-27-16(11-24(37)41)10-23(40-26(27)20-13-46-28-19(20)5-4-6-21(28)33)30(43,31(34,35)36)14-39-29(42)17-7-15-8-18(32)12-38-25(15)22(9-17)44-2/h4-10,12-13,43H,3,11,14H2,1-2H3,(H2,37,41)(H,39,42)/t30-/m0/s1. The highest BCUT2D eigenvalue weighted by Crippen LogP contribution is 2.44. The normalized spacial score (nSPS) is 13.0. The molecule has 15 heteroatoms. The summed E-state index contributed by atoms with van der Waals surface area (Å²) in [6, 6.07) is 9.47. The smallest absolute Gasteiger partial charge is 0.424 e. The van der Waals surface area contributed by atoms with E-state index in [1.807, 2.05) is 0 Å². The number of aliphatic hydroxyl groups is 1. The van der Waals surface area contributed by atoms with Gasteiger partial charge in [-0.3, -0.25) is 14.6 Å². The third-order valence-corrected chi connectivity index (χ3v) is 8.54. The number of ether oxygens (including phenoxy) is 2. The summed E-state index contributed by atoms with van der Waals surface area (Å²) in [7, 11) is 1.35. The third-order valence-electron chi connectivity index (χ3n) is 7.10. The number of nitrogens with one attached hydrogen (secondary N) is 1. The number of benzene rings is 2. The molecule has 0 aliphatic heterocycles. The van der Waals surface area contributed by atoms with Gasteiger partial charge in [0.05, 0.1) is 37.1 Å². The van der Waals surface area contributed by atoms with Gasteiger partial charge in [-0.1, -0.05) is 12.1 Å². The van der Waals surface area contributed by atoms with Gasteiger partial charge in [0, 0.05) is 43.5 Å². The molecule has 240 valence electrons. The second kappa shape index (κ2) is 12.8. The number of methoxy groups -OCH3 is 1. The first-order valence-corrected chi connectivity index (χ1v) is 15.3. The van der Waals surface area contributed by atoms with Crippen LogP contribution in [0.15, 0.2) is 58.5 Å². The van der Waals surface area contributed by atoms with Crippen LogP contribution in [0.5, 0.6) is 11.5 Å². The minimum absolute atomic E-state index is 0.0388. The van der Waals surface area contributed by atoms with Crippen LogP contribution in [0.2, 0.25) is 0 Å². The summed E-state index contributed by atoms with van der Waals surface area (Å²) >= 11 is 4.29.